The SMILES string of the molecule is CCC(NC(C(=O)OC)c1ccccc1)c1ccco1. The van der Waals surface area contributed by atoms with Crippen molar-refractivity contribution in [3.05, 3.63) is 60.1 Å². The molecule has 1 N–H and O–H groups in total. The molecule has 2 unspecified atom stereocenters. The van der Waals surface area contributed by atoms with Gasteiger partial charge in [0.15, 0.2) is 0 Å². The molecule has 0 aliphatic carbocycles. The number of benzene rings is 1. The summed E-state index contributed by atoms with van der Waals surface area (Å²) in [5, 5.41) is 3.30. The number of nitrogens with one attached hydrogen (secondary N) is 1. The molecule has 0 aliphatic rings. The minimum Gasteiger partial charge on any atom is -0.468 e. The first-order valence-corrected chi connectivity index (χ1v) is 6.68. The molecule has 0 saturated heterocycles. The highest BCUT2D eigenvalue weighted by Crippen LogP contribution is 2.23. The molecular formula is C16H19NO3. The largest absolute Gasteiger partial charge is 0.468 e. The van der Waals surface area contributed by atoms with Crippen LogP contribution in [-0.2, 0) is 9.53 Å². The van der Waals surface area contributed by atoms with Gasteiger partial charge in [0, 0.05) is 0 Å². The molecule has 4 nitrogen and oxygen atoms in total. The molecule has 0 fully saturated rings. The standard InChI is InChI=1S/C16H19NO3/c1-3-13(14-10-7-11-20-14)17-15(16(18)19-2)12-8-5-4-6-9-12/h4-11,13,15,17H,3H2,1-2H3. The summed E-state index contributed by atoms with van der Waals surface area (Å²) >= 11 is 0. The quantitative estimate of drug-likeness (QED) is 0.821. The Labute approximate surface area is 118 Å². The molecule has 0 aliphatic heterocycles. The van der Waals surface area contributed by atoms with Crippen molar-refractivity contribution in [2.45, 2.75) is 25.4 Å². The van der Waals surface area contributed by atoms with Gasteiger partial charge in [-0.15, -0.1) is 0 Å². The van der Waals surface area contributed by atoms with Crippen LogP contribution in [0, 0.1) is 0 Å². The number of esters is 1. The van der Waals surface area contributed by atoms with Crippen LogP contribution in [0.3, 0.4) is 0 Å². The number of hydrogen-bond donors (Lipinski definition) is 1. The second kappa shape index (κ2) is 6.91. The molecule has 1 heterocycles. The average molecular weight is 273 g/mol. The Kier molecular flexibility index (Phi) is 4.96. The topological polar surface area (TPSA) is 51.5 Å². The summed E-state index contributed by atoms with van der Waals surface area (Å²) < 4.78 is 10.3. The van der Waals surface area contributed by atoms with E-state index >= 15 is 0 Å². The van der Waals surface area contributed by atoms with Crippen molar-refractivity contribution < 1.29 is 13.9 Å². The fraction of sp³-hybridized carbons (Fsp3) is 0.312. The lowest BCUT2D eigenvalue weighted by molar-refractivity contribution is -0.143. The van der Waals surface area contributed by atoms with Gasteiger partial charge in [-0.2, -0.15) is 0 Å². The van der Waals surface area contributed by atoms with Gasteiger partial charge in [-0.05, 0) is 24.1 Å². The van der Waals surface area contributed by atoms with E-state index < -0.39 is 6.04 Å². The minimum absolute atomic E-state index is 0.0330. The van der Waals surface area contributed by atoms with Gasteiger partial charge in [0.1, 0.15) is 11.8 Å². The van der Waals surface area contributed by atoms with Crippen LogP contribution in [0.15, 0.2) is 53.1 Å². The maximum Gasteiger partial charge on any atom is 0.327 e. The first kappa shape index (κ1) is 14.3. The normalized spacial score (nSPS) is 13.7. The number of hydrogen-bond acceptors (Lipinski definition) is 4. The lowest BCUT2D eigenvalue weighted by Crippen LogP contribution is -2.32. The predicted octanol–water partition coefficient (Wildman–Crippen LogP) is 3.23. The second-order valence-electron chi connectivity index (χ2n) is 4.51. The van der Waals surface area contributed by atoms with Gasteiger partial charge in [-0.3, -0.25) is 5.32 Å². The van der Waals surface area contributed by atoms with Crippen molar-refractivity contribution >= 4 is 5.97 Å². The Morgan fingerprint density at radius 2 is 2.00 bits per heavy atom. The van der Waals surface area contributed by atoms with Crippen LogP contribution in [0.5, 0.6) is 0 Å². The monoisotopic (exact) mass is 273 g/mol. The Morgan fingerprint density at radius 1 is 1.25 bits per heavy atom. The number of carbonyl (C=O) groups is 1. The van der Waals surface area contributed by atoms with E-state index in [1.165, 1.54) is 7.11 Å². The molecule has 4 heteroatoms. The second-order valence-corrected chi connectivity index (χ2v) is 4.51. The maximum absolute atomic E-state index is 12.0. The molecule has 2 atom stereocenters. The van der Waals surface area contributed by atoms with Crippen LogP contribution >= 0.6 is 0 Å². The highest BCUT2D eigenvalue weighted by molar-refractivity contribution is 5.77. The van der Waals surface area contributed by atoms with E-state index in [4.69, 9.17) is 9.15 Å². The summed E-state index contributed by atoms with van der Waals surface area (Å²) in [5.74, 6) is 0.513. The summed E-state index contributed by atoms with van der Waals surface area (Å²) in [6, 6.07) is 12.7. The van der Waals surface area contributed by atoms with Crippen molar-refractivity contribution in [3.8, 4) is 0 Å². The summed E-state index contributed by atoms with van der Waals surface area (Å²) in [6.07, 6.45) is 2.45. The van der Waals surface area contributed by atoms with Crippen LogP contribution in [0.1, 0.15) is 36.8 Å². The van der Waals surface area contributed by atoms with E-state index in [0.717, 1.165) is 17.7 Å². The van der Waals surface area contributed by atoms with E-state index in [0.29, 0.717) is 0 Å². The zero-order chi connectivity index (χ0) is 14.4. The number of methoxy groups -OCH3 is 1. The molecule has 0 amide bonds. The molecule has 106 valence electrons. The minimum atomic E-state index is -0.503. The first-order valence-electron chi connectivity index (χ1n) is 6.68. The lowest BCUT2D eigenvalue weighted by Gasteiger charge is -2.22. The summed E-state index contributed by atoms with van der Waals surface area (Å²) in [7, 11) is 1.40. The van der Waals surface area contributed by atoms with Gasteiger partial charge < -0.3 is 9.15 Å². The van der Waals surface area contributed by atoms with Crippen LogP contribution in [0.4, 0.5) is 0 Å². The lowest BCUT2D eigenvalue weighted by atomic mass is 10.0. The number of furan rings is 1. The van der Waals surface area contributed by atoms with Crippen LogP contribution < -0.4 is 5.32 Å². The highest BCUT2D eigenvalue weighted by Gasteiger charge is 2.25. The third kappa shape index (κ3) is 3.27. The maximum atomic E-state index is 12.0. The predicted molar refractivity (Wildman–Crippen MR) is 76.1 cm³/mol. The van der Waals surface area contributed by atoms with Crippen molar-refractivity contribution in [3.63, 3.8) is 0 Å². The van der Waals surface area contributed by atoms with Gasteiger partial charge in [-0.1, -0.05) is 37.3 Å². The van der Waals surface area contributed by atoms with Crippen LogP contribution in [-0.4, -0.2) is 13.1 Å². The Hall–Kier alpha value is -2.07. The van der Waals surface area contributed by atoms with Crippen molar-refractivity contribution in [1.29, 1.82) is 0 Å². The fourth-order valence-electron chi connectivity index (χ4n) is 2.16. The van der Waals surface area contributed by atoms with Gasteiger partial charge >= 0.3 is 5.97 Å². The molecule has 2 rings (SSSR count). The van der Waals surface area contributed by atoms with Gasteiger partial charge in [0.2, 0.25) is 0 Å². The van der Waals surface area contributed by atoms with E-state index in [1.807, 2.05) is 49.4 Å². The van der Waals surface area contributed by atoms with Crippen LogP contribution in [0.25, 0.3) is 0 Å². The zero-order valence-corrected chi connectivity index (χ0v) is 11.7. The van der Waals surface area contributed by atoms with Crippen molar-refractivity contribution in [2.75, 3.05) is 7.11 Å². The zero-order valence-electron chi connectivity index (χ0n) is 11.7. The number of ether oxygens (including phenoxy) is 1. The molecule has 1 aromatic carbocycles. The van der Waals surface area contributed by atoms with E-state index in [1.54, 1.807) is 6.26 Å². The Morgan fingerprint density at radius 3 is 2.55 bits per heavy atom. The Bertz CT molecular complexity index is 522. The number of rotatable bonds is 6. The molecular weight excluding hydrogens is 254 g/mol. The summed E-state index contributed by atoms with van der Waals surface area (Å²) in [4.78, 5) is 12.0. The highest BCUT2D eigenvalue weighted by atomic mass is 16.5. The van der Waals surface area contributed by atoms with E-state index in [-0.39, 0.29) is 12.0 Å². The average Bonchev–Trinajstić information content (AvgIpc) is 3.03. The van der Waals surface area contributed by atoms with E-state index in [9.17, 15) is 4.79 Å². The third-order valence-electron chi connectivity index (χ3n) is 3.23. The molecule has 0 spiro atoms. The van der Waals surface area contributed by atoms with E-state index in [2.05, 4.69) is 5.32 Å². The van der Waals surface area contributed by atoms with Gasteiger partial charge in [-0.25, -0.2) is 4.79 Å². The Balaban J connectivity index is 2.22. The summed E-state index contributed by atoms with van der Waals surface area (Å²) in [6.45, 7) is 2.04. The number of carbonyl (C=O) groups excluding carboxylic acids is 1. The van der Waals surface area contributed by atoms with Crippen LogP contribution in [0.2, 0.25) is 0 Å². The molecule has 0 radical (unpaired) electrons. The van der Waals surface area contributed by atoms with Crippen molar-refractivity contribution in [2.24, 2.45) is 0 Å². The summed E-state index contributed by atoms with van der Waals surface area (Å²) in [5.41, 5.74) is 0.879. The smallest absolute Gasteiger partial charge is 0.327 e. The van der Waals surface area contributed by atoms with Gasteiger partial charge in [0.05, 0.1) is 19.4 Å². The van der Waals surface area contributed by atoms with Crippen molar-refractivity contribution in [1.82, 2.24) is 5.32 Å². The van der Waals surface area contributed by atoms with Gasteiger partial charge in [0.25, 0.3) is 0 Å². The fourth-order valence-corrected chi connectivity index (χ4v) is 2.16. The molecule has 20 heavy (non-hydrogen) atoms. The molecule has 0 saturated carbocycles. The molecule has 0 bridgehead atoms. The molecule has 2 aromatic rings. The molecule has 1 aromatic heterocycles. The first-order chi connectivity index (χ1) is 9.76. The third-order valence-corrected chi connectivity index (χ3v) is 3.23.